The van der Waals surface area contributed by atoms with Crippen LogP contribution in [0.25, 0.3) is 5.78 Å². The van der Waals surface area contributed by atoms with Crippen molar-refractivity contribution >= 4 is 29.1 Å². The van der Waals surface area contributed by atoms with Crippen LogP contribution in [0.1, 0.15) is 16.7 Å². The van der Waals surface area contributed by atoms with Crippen molar-refractivity contribution in [2.75, 3.05) is 11.1 Å². The number of nitrogens with one attached hydrogen (secondary N) is 2. The number of anilines is 1. The van der Waals surface area contributed by atoms with Gasteiger partial charge in [0, 0.05) is 18.0 Å². The lowest BCUT2D eigenvalue weighted by molar-refractivity contribution is -0.113. The van der Waals surface area contributed by atoms with Crippen molar-refractivity contribution in [2.24, 2.45) is 0 Å². The van der Waals surface area contributed by atoms with E-state index in [9.17, 15) is 9.59 Å². The highest BCUT2D eigenvalue weighted by Gasteiger charge is 2.12. The fourth-order valence-electron chi connectivity index (χ4n) is 2.57. The van der Waals surface area contributed by atoms with Gasteiger partial charge >= 0.3 is 0 Å². The molecule has 0 bridgehead atoms. The molecule has 2 N–H and O–H groups in total. The summed E-state index contributed by atoms with van der Waals surface area (Å²) < 4.78 is 1.64. The van der Waals surface area contributed by atoms with E-state index in [0.717, 1.165) is 16.8 Å². The number of carbonyl (C=O) groups is 1. The van der Waals surface area contributed by atoms with E-state index in [1.165, 1.54) is 23.4 Å². The molecule has 0 fully saturated rings. The maximum absolute atomic E-state index is 12.2. The van der Waals surface area contributed by atoms with Gasteiger partial charge in [0.25, 0.3) is 5.56 Å². The van der Waals surface area contributed by atoms with Crippen molar-refractivity contribution in [3.8, 4) is 0 Å². The average Bonchev–Trinajstić information content (AvgIpc) is 2.91. The Morgan fingerprint density at radius 3 is 2.67 bits per heavy atom. The summed E-state index contributed by atoms with van der Waals surface area (Å²) >= 11 is 1.26. The highest BCUT2D eigenvalue weighted by Crippen LogP contribution is 2.23. The molecule has 0 aliphatic carbocycles. The molecule has 7 nitrogen and oxygen atoms in total. The van der Waals surface area contributed by atoms with Crippen LogP contribution in [0.5, 0.6) is 0 Å². The Kier molecular flexibility index (Phi) is 4.39. The quantitative estimate of drug-likeness (QED) is 0.708. The summed E-state index contributed by atoms with van der Waals surface area (Å²) in [6.07, 6.45) is 1.59. The number of aromatic nitrogens is 4. The molecule has 3 aromatic rings. The predicted molar refractivity (Wildman–Crippen MR) is 93.6 cm³/mol. The Morgan fingerprint density at radius 2 is 1.96 bits per heavy atom. The predicted octanol–water partition coefficient (Wildman–Crippen LogP) is 2.07. The number of thioether (sulfide) groups is 1. The van der Waals surface area contributed by atoms with Gasteiger partial charge in [-0.25, -0.2) is 0 Å². The Balaban J connectivity index is 1.70. The van der Waals surface area contributed by atoms with E-state index in [2.05, 4.69) is 20.5 Å². The number of carbonyl (C=O) groups excluding carboxylic acids is 1. The van der Waals surface area contributed by atoms with Gasteiger partial charge in [-0.3, -0.25) is 19.0 Å². The Hall–Kier alpha value is -2.61. The highest BCUT2D eigenvalue weighted by atomic mass is 32.2. The van der Waals surface area contributed by atoms with Gasteiger partial charge < -0.3 is 5.32 Å². The maximum Gasteiger partial charge on any atom is 0.252 e. The summed E-state index contributed by atoms with van der Waals surface area (Å²) in [5, 5.41) is 11.4. The fraction of sp³-hybridized carbons (Fsp3) is 0.250. The van der Waals surface area contributed by atoms with Crippen LogP contribution in [0.4, 0.5) is 5.69 Å². The zero-order chi connectivity index (χ0) is 17.3. The number of aromatic amines is 1. The van der Waals surface area contributed by atoms with Crippen molar-refractivity contribution in [3.63, 3.8) is 0 Å². The van der Waals surface area contributed by atoms with Crippen LogP contribution in [0.2, 0.25) is 0 Å². The Morgan fingerprint density at radius 1 is 1.25 bits per heavy atom. The summed E-state index contributed by atoms with van der Waals surface area (Å²) in [5.41, 5.74) is 3.85. The lowest BCUT2D eigenvalue weighted by Gasteiger charge is -2.12. The van der Waals surface area contributed by atoms with Crippen LogP contribution in [-0.4, -0.2) is 31.2 Å². The van der Waals surface area contributed by atoms with Crippen LogP contribution in [0.15, 0.2) is 34.3 Å². The third-order valence-electron chi connectivity index (χ3n) is 3.55. The number of fused-ring (bicyclic) bond motifs is 1. The maximum atomic E-state index is 12.2. The van der Waals surface area contributed by atoms with Gasteiger partial charge in [0.2, 0.25) is 11.7 Å². The minimum atomic E-state index is -0.241. The average molecular weight is 343 g/mol. The standard InChI is InChI=1S/C16H17N5O2S/c1-9-6-10(2)14(11(3)7-9)17-13(23)8-24-16-20-19-15-18-12(22)4-5-21(15)16/h4-7H,8H2,1-3H3,(H,17,23)(H,18,19,22). The van der Waals surface area contributed by atoms with Gasteiger partial charge in [0.05, 0.1) is 5.75 Å². The zero-order valence-electron chi connectivity index (χ0n) is 13.6. The number of nitrogens with zero attached hydrogens (tertiary/aromatic N) is 3. The fourth-order valence-corrected chi connectivity index (χ4v) is 3.29. The van der Waals surface area contributed by atoms with E-state index in [-0.39, 0.29) is 17.2 Å². The van der Waals surface area contributed by atoms with Gasteiger partial charge in [-0.05, 0) is 31.9 Å². The van der Waals surface area contributed by atoms with Gasteiger partial charge in [-0.15, -0.1) is 10.2 Å². The minimum absolute atomic E-state index is 0.115. The molecule has 1 amide bonds. The van der Waals surface area contributed by atoms with Crippen LogP contribution in [0.3, 0.4) is 0 Å². The van der Waals surface area contributed by atoms with Crippen LogP contribution >= 0.6 is 11.8 Å². The first-order chi connectivity index (χ1) is 11.4. The van der Waals surface area contributed by atoms with E-state index in [0.29, 0.717) is 10.9 Å². The molecule has 0 unspecified atom stereocenters. The molecule has 3 rings (SSSR count). The van der Waals surface area contributed by atoms with Crippen molar-refractivity contribution in [1.29, 1.82) is 0 Å². The molecule has 0 atom stereocenters. The number of benzene rings is 1. The van der Waals surface area contributed by atoms with Crippen LogP contribution < -0.4 is 10.9 Å². The van der Waals surface area contributed by atoms with Crippen molar-refractivity contribution in [2.45, 2.75) is 25.9 Å². The molecular weight excluding hydrogens is 326 g/mol. The minimum Gasteiger partial charge on any atom is -0.325 e. The molecule has 0 spiro atoms. The number of rotatable bonds is 4. The topological polar surface area (TPSA) is 92.2 Å². The lowest BCUT2D eigenvalue weighted by Crippen LogP contribution is -2.16. The summed E-state index contributed by atoms with van der Waals surface area (Å²) in [4.78, 5) is 26.1. The van der Waals surface area contributed by atoms with Gasteiger partial charge in [0.15, 0.2) is 5.16 Å². The zero-order valence-corrected chi connectivity index (χ0v) is 14.4. The molecule has 8 heteroatoms. The smallest absolute Gasteiger partial charge is 0.252 e. The number of hydrogen-bond acceptors (Lipinski definition) is 5. The molecule has 0 saturated heterocycles. The molecule has 2 aromatic heterocycles. The van der Waals surface area contributed by atoms with Crippen molar-refractivity contribution in [3.05, 3.63) is 51.4 Å². The Bertz CT molecular complexity index is 953. The molecule has 0 saturated carbocycles. The number of amides is 1. The molecule has 0 radical (unpaired) electrons. The molecule has 124 valence electrons. The van der Waals surface area contributed by atoms with Gasteiger partial charge in [0.1, 0.15) is 0 Å². The first-order valence-corrected chi connectivity index (χ1v) is 8.37. The summed E-state index contributed by atoms with van der Waals surface area (Å²) in [7, 11) is 0. The normalized spacial score (nSPS) is 11.0. The molecular formula is C16H17N5O2S. The van der Waals surface area contributed by atoms with Crippen LogP contribution in [0, 0.1) is 20.8 Å². The number of hydrogen-bond donors (Lipinski definition) is 2. The number of aryl methyl sites for hydroxylation is 3. The monoisotopic (exact) mass is 343 g/mol. The number of H-pyrrole nitrogens is 1. The van der Waals surface area contributed by atoms with Crippen molar-refractivity contribution < 1.29 is 4.79 Å². The second-order valence-corrected chi connectivity index (χ2v) is 6.53. The first-order valence-electron chi connectivity index (χ1n) is 7.38. The van der Waals surface area contributed by atoms with E-state index < -0.39 is 0 Å². The lowest BCUT2D eigenvalue weighted by atomic mass is 10.1. The third kappa shape index (κ3) is 3.33. The van der Waals surface area contributed by atoms with Gasteiger partial charge in [-0.1, -0.05) is 29.5 Å². The SMILES string of the molecule is Cc1cc(C)c(NC(=O)CSc2nnc3[nH]c(=O)ccn23)c(C)c1. The summed E-state index contributed by atoms with van der Waals surface area (Å²) in [6.45, 7) is 5.98. The highest BCUT2D eigenvalue weighted by molar-refractivity contribution is 7.99. The van der Waals surface area contributed by atoms with Crippen molar-refractivity contribution in [1.82, 2.24) is 19.6 Å². The van der Waals surface area contributed by atoms with E-state index in [4.69, 9.17) is 0 Å². The molecule has 2 heterocycles. The Labute approximate surface area is 142 Å². The molecule has 24 heavy (non-hydrogen) atoms. The third-order valence-corrected chi connectivity index (χ3v) is 4.49. The molecule has 0 aliphatic heterocycles. The van der Waals surface area contributed by atoms with Gasteiger partial charge in [-0.2, -0.15) is 0 Å². The van der Waals surface area contributed by atoms with Crippen LogP contribution in [-0.2, 0) is 4.79 Å². The second-order valence-electron chi connectivity index (χ2n) is 5.59. The van der Waals surface area contributed by atoms with E-state index in [1.54, 1.807) is 10.6 Å². The summed E-state index contributed by atoms with van der Waals surface area (Å²) in [6, 6.07) is 5.47. The van der Waals surface area contributed by atoms with E-state index >= 15 is 0 Å². The largest absolute Gasteiger partial charge is 0.325 e. The molecule has 0 aliphatic rings. The second kappa shape index (κ2) is 6.48. The van der Waals surface area contributed by atoms with E-state index in [1.807, 2.05) is 32.9 Å². The molecule has 1 aromatic carbocycles. The summed E-state index contributed by atoms with van der Waals surface area (Å²) in [5.74, 6) is 0.444. The first kappa shape index (κ1) is 16.3.